The predicted molar refractivity (Wildman–Crippen MR) is 129 cm³/mol. The zero-order chi connectivity index (χ0) is 25.5. The molecule has 192 valence electrons. The molecular weight excluding hydrogens is 473 g/mol. The molecule has 0 amide bonds. The summed E-state index contributed by atoms with van der Waals surface area (Å²) in [6.45, 7) is 10.3. The van der Waals surface area contributed by atoms with Crippen molar-refractivity contribution in [3.8, 4) is 5.88 Å². The van der Waals surface area contributed by atoms with Gasteiger partial charge in [-0.1, -0.05) is 27.7 Å². The molecule has 3 heterocycles. The summed E-state index contributed by atoms with van der Waals surface area (Å²) in [5, 5.41) is 4.10. The Morgan fingerprint density at radius 1 is 1.14 bits per heavy atom. The van der Waals surface area contributed by atoms with E-state index in [4.69, 9.17) is 9.47 Å². The quantitative estimate of drug-likeness (QED) is 0.515. The highest BCUT2D eigenvalue weighted by molar-refractivity contribution is 7.92. The molecule has 1 saturated heterocycles. The molecule has 1 aromatic heterocycles. The molecule has 10 heteroatoms. The number of carbonyl (C=O) groups is 1. The first-order valence-electron chi connectivity index (χ1n) is 12.0. The first-order chi connectivity index (χ1) is 16.5. The van der Waals surface area contributed by atoms with Crippen LogP contribution in [0.25, 0.3) is 0 Å². The number of ether oxygens (including phenoxy) is 2. The van der Waals surface area contributed by atoms with Crippen molar-refractivity contribution >= 4 is 15.6 Å². The maximum Gasteiger partial charge on any atom is 0.213 e. The van der Waals surface area contributed by atoms with Crippen molar-refractivity contribution < 1.29 is 27.1 Å². The van der Waals surface area contributed by atoms with Gasteiger partial charge in [0.15, 0.2) is 10.8 Å². The Labute approximate surface area is 206 Å². The minimum absolute atomic E-state index is 0.00172. The van der Waals surface area contributed by atoms with Crippen molar-refractivity contribution in [3.63, 3.8) is 0 Å². The van der Waals surface area contributed by atoms with Crippen LogP contribution in [0.2, 0.25) is 0 Å². The molecule has 2 aliphatic heterocycles. The summed E-state index contributed by atoms with van der Waals surface area (Å²) in [5.74, 6) is -1.08. The molecule has 1 atom stereocenters. The maximum absolute atomic E-state index is 14.2. The van der Waals surface area contributed by atoms with Crippen molar-refractivity contribution in [2.75, 3.05) is 32.6 Å². The lowest BCUT2D eigenvalue weighted by Crippen LogP contribution is -2.59. The smallest absolute Gasteiger partial charge is 0.213 e. The normalized spacial score (nSPS) is 19.0. The first kappa shape index (κ1) is 25.8. The number of ketones is 1. The van der Waals surface area contributed by atoms with Crippen LogP contribution < -0.4 is 4.74 Å². The molecule has 0 aliphatic carbocycles. The SMILES string of the molecule is COC1CN(C2COc3cc(S(=O)(=O)CC(=O)Cc4c(C(C)C)cc(F)cc4C(C)C)nn3C2)C1. The highest BCUT2D eigenvalue weighted by Gasteiger charge is 2.36. The highest BCUT2D eigenvalue weighted by atomic mass is 32.2. The lowest BCUT2D eigenvalue weighted by atomic mass is 9.86. The Hall–Kier alpha value is -2.30. The molecule has 2 aliphatic rings. The van der Waals surface area contributed by atoms with E-state index in [0.717, 1.165) is 29.8 Å². The number of sulfone groups is 1. The van der Waals surface area contributed by atoms with Gasteiger partial charge < -0.3 is 9.47 Å². The summed E-state index contributed by atoms with van der Waals surface area (Å²) in [7, 11) is -2.27. The third kappa shape index (κ3) is 5.44. The van der Waals surface area contributed by atoms with E-state index in [1.54, 1.807) is 11.8 Å². The van der Waals surface area contributed by atoms with E-state index in [2.05, 4.69) is 10.00 Å². The number of nitrogens with zero attached hydrogens (tertiary/aromatic N) is 3. The number of hydrogen-bond donors (Lipinski definition) is 0. The fourth-order valence-corrected chi connectivity index (χ4v) is 5.97. The van der Waals surface area contributed by atoms with Gasteiger partial charge in [0.05, 0.1) is 18.7 Å². The highest BCUT2D eigenvalue weighted by Crippen LogP contribution is 2.30. The van der Waals surface area contributed by atoms with Gasteiger partial charge in [0.1, 0.15) is 18.2 Å². The van der Waals surface area contributed by atoms with Gasteiger partial charge in [-0.15, -0.1) is 0 Å². The zero-order valence-electron chi connectivity index (χ0n) is 21.0. The fourth-order valence-electron chi connectivity index (χ4n) is 4.80. The second-order valence-electron chi connectivity index (χ2n) is 10.1. The number of Topliss-reactive ketones (excluding diaryl/α,β-unsaturated/α-hetero) is 1. The van der Waals surface area contributed by atoms with E-state index in [1.165, 1.54) is 18.2 Å². The zero-order valence-corrected chi connectivity index (χ0v) is 21.8. The molecule has 0 radical (unpaired) electrons. The molecule has 0 saturated carbocycles. The topological polar surface area (TPSA) is 90.7 Å². The van der Waals surface area contributed by atoms with Crippen molar-refractivity contribution in [2.45, 2.75) is 69.7 Å². The van der Waals surface area contributed by atoms with Crippen LogP contribution in [0.15, 0.2) is 23.2 Å². The monoisotopic (exact) mass is 507 g/mol. The second kappa shape index (κ2) is 9.99. The van der Waals surface area contributed by atoms with Gasteiger partial charge in [-0.05, 0) is 40.7 Å². The number of carbonyl (C=O) groups excluding carboxylic acids is 1. The minimum atomic E-state index is -3.96. The van der Waals surface area contributed by atoms with Crippen LogP contribution in [0.3, 0.4) is 0 Å². The number of benzene rings is 1. The number of fused-ring (bicyclic) bond motifs is 1. The minimum Gasteiger partial charge on any atom is -0.476 e. The fraction of sp³-hybridized carbons (Fsp3) is 0.600. The molecule has 0 N–H and O–H groups in total. The predicted octanol–water partition coefficient (Wildman–Crippen LogP) is 2.95. The number of methoxy groups -OCH3 is 1. The summed E-state index contributed by atoms with van der Waals surface area (Å²) >= 11 is 0. The Morgan fingerprint density at radius 2 is 1.77 bits per heavy atom. The van der Waals surface area contributed by atoms with Crippen LogP contribution in [0.4, 0.5) is 4.39 Å². The van der Waals surface area contributed by atoms with Gasteiger partial charge in [0.25, 0.3) is 0 Å². The molecule has 0 bridgehead atoms. The van der Waals surface area contributed by atoms with Gasteiger partial charge >= 0.3 is 0 Å². The average molecular weight is 508 g/mol. The summed E-state index contributed by atoms with van der Waals surface area (Å²) in [5.41, 5.74) is 2.19. The van der Waals surface area contributed by atoms with E-state index in [-0.39, 0.29) is 41.2 Å². The van der Waals surface area contributed by atoms with Crippen LogP contribution in [0, 0.1) is 5.82 Å². The molecule has 1 unspecified atom stereocenters. The summed E-state index contributed by atoms with van der Waals surface area (Å²) in [4.78, 5) is 15.2. The van der Waals surface area contributed by atoms with Crippen LogP contribution in [-0.4, -0.2) is 73.6 Å². The maximum atomic E-state index is 14.2. The third-order valence-electron chi connectivity index (χ3n) is 6.83. The van der Waals surface area contributed by atoms with Crippen molar-refractivity contribution in [3.05, 3.63) is 40.7 Å². The molecule has 35 heavy (non-hydrogen) atoms. The van der Waals surface area contributed by atoms with Crippen molar-refractivity contribution in [1.29, 1.82) is 0 Å². The van der Waals surface area contributed by atoms with Crippen molar-refractivity contribution in [2.24, 2.45) is 0 Å². The van der Waals surface area contributed by atoms with Gasteiger partial charge in [0.2, 0.25) is 15.7 Å². The number of rotatable bonds is 9. The van der Waals surface area contributed by atoms with Gasteiger partial charge in [-0.2, -0.15) is 5.10 Å². The van der Waals surface area contributed by atoms with Gasteiger partial charge in [-0.25, -0.2) is 17.5 Å². The summed E-state index contributed by atoms with van der Waals surface area (Å²) in [6.07, 6.45) is 0.145. The lowest BCUT2D eigenvalue weighted by Gasteiger charge is -2.44. The molecule has 8 nitrogen and oxygen atoms in total. The molecule has 2 aromatic rings. The molecule has 1 fully saturated rings. The average Bonchev–Trinajstić information content (AvgIpc) is 3.18. The first-order valence-corrected chi connectivity index (χ1v) is 13.7. The Kier molecular flexibility index (Phi) is 7.36. The van der Waals surface area contributed by atoms with Gasteiger partial charge in [0, 0.05) is 32.7 Å². The van der Waals surface area contributed by atoms with Crippen molar-refractivity contribution in [1.82, 2.24) is 14.7 Å². The Bertz CT molecular complexity index is 1170. The standard InChI is InChI=1S/C25H34FN3O5S/c1-15(2)21-6-17(26)7-22(16(3)4)23(21)8-19(30)14-35(31,32)24-9-25-29(27-24)10-18(13-34-25)28-11-20(12-28)33-5/h6-7,9,15-16,18,20H,8,10-14H2,1-5H3. The second-order valence-corrected chi connectivity index (χ2v) is 12.1. The number of likely N-dealkylation sites (tertiary alicyclic amines) is 1. The summed E-state index contributed by atoms with van der Waals surface area (Å²) < 4.78 is 53.0. The molecular formula is C25H34FN3O5S. The van der Waals surface area contributed by atoms with E-state index in [0.29, 0.717) is 19.0 Å². The van der Waals surface area contributed by atoms with E-state index in [1.807, 2.05) is 27.7 Å². The Balaban J connectivity index is 1.48. The van der Waals surface area contributed by atoms with E-state index in [9.17, 15) is 17.6 Å². The van der Waals surface area contributed by atoms with E-state index < -0.39 is 21.4 Å². The molecule has 1 aromatic carbocycles. The van der Waals surface area contributed by atoms with E-state index >= 15 is 0 Å². The Morgan fingerprint density at radius 3 is 2.34 bits per heavy atom. The molecule has 4 rings (SSSR count). The summed E-state index contributed by atoms with van der Waals surface area (Å²) in [6, 6.07) is 4.37. The molecule has 0 spiro atoms. The lowest BCUT2D eigenvalue weighted by molar-refractivity contribution is -0.116. The van der Waals surface area contributed by atoms with Crippen LogP contribution in [-0.2, 0) is 32.3 Å². The largest absolute Gasteiger partial charge is 0.476 e. The van der Waals surface area contributed by atoms with Crippen LogP contribution in [0.5, 0.6) is 5.88 Å². The van der Waals surface area contributed by atoms with Crippen LogP contribution >= 0.6 is 0 Å². The third-order valence-corrected chi connectivity index (χ3v) is 8.36. The number of halogens is 1. The van der Waals surface area contributed by atoms with Crippen LogP contribution in [0.1, 0.15) is 56.2 Å². The number of hydrogen-bond acceptors (Lipinski definition) is 7. The number of aromatic nitrogens is 2. The van der Waals surface area contributed by atoms with Gasteiger partial charge in [-0.3, -0.25) is 9.69 Å².